The van der Waals surface area contributed by atoms with Gasteiger partial charge in [0.25, 0.3) is 5.91 Å². The van der Waals surface area contributed by atoms with E-state index in [-0.39, 0.29) is 31.4 Å². The average Bonchev–Trinajstić information content (AvgIpc) is 3.50. The van der Waals surface area contributed by atoms with Crippen LogP contribution in [0.2, 0.25) is 0 Å². The number of hydrogen-bond donors (Lipinski definition) is 4. The third-order valence-corrected chi connectivity index (χ3v) is 8.19. The van der Waals surface area contributed by atoms with Crippen LogP contribution in [0.1, 0.15) is 43.6 Å². The first-order valence-corrected chi connectivity index (χ1v) is 15.5. The van der Waals surface area contributed by atoms with Gasteiger partial charge in [-0.15, -0.1) is 0 Å². The molecule has 10 heteroatoms. The second kappa shape index (κ2) is 14.4. The second-order valence-corrected chi connectivity index (χ2v) is 12.4. The van der Waals surface area contributed by atoms with Gasteiger partial charge in [0, 0.05) is 30.6 Å². The van der Waals surface area contributed by atoms with Crippen molar-refractivity contribution in [3.63, 3.8) is 0 Å². The highest BCUT2D eigenvalue weighted by atomic mass is 16.3. The van der Waals surface area contributed by atoms with Crippen LogP contribution in [0.4, 0.5) is 16.2 Å². The van der Waals surface area contributed by atoms with Crippen LogP contribution >= 0.6 is 0 Å². The molecule has 4 amide bonds. The van der Waals surface area contributed by atoms with Crippen LogP contribution in [0.3, 0.4) is 0 Å². The number of aliphatic hydroxyl groups is 1. The molecule has 1 atom stereocenters. The average molecular weight is 624 g/mol. The number of fused-ring (bicyclic) bond motifs is 1. The van der Waals surface area contributed by atoms with Crippen molar-refractivity contribution in [2.24, 2.45) is 11.3 Å². The number of anilines is 2. The molecule has 0 unspecified atom stereocenters. The molecule has 5 N–H and O–H groups in total. The highest BCUT2D eigenvalue weighted by Crippen LogP contribution is 2.33. The number of hydrogen-bond acceptors (Lipinski definition) is 6. The SMILES string of the molecule is CC(C)(CC(=O)N(N)[C@@H]1CCc2ccccc2N(Cc2ccc(-c3ccccc3NC(=O)NCCO)cc2)C1=O)Cc1ccco1. The zero-order valence-electron chi connectivity index (χ0n) is 26.2. The first kappa shape index (κ1) is 32.5. The number of carbonyl (C=O) groups excluding carboxylic acids is 3. The summed E-state index contributed by atoms with van der Waals surface area (Å²) in [6.45, 7) is 4.28. The number of aliphatic hydroxyl groups excluding tert-OH is 1. The van der Waals surface area contributed by atoms with Gasteiger partial charge in [0.15, 0.2) is 0 Å². The van der Waals surface area contributed by atoms with E-state index in [0.29, 0.717) is 31.5 Å². The Morgan fingerprint density at radius 1 is 1.02 bits per heavy atom. The molecule has 4 aromatic rings. The van der Waals surface area contributed by atoms with Crippen LogP contribution in [0.5, 0.6) is 0 Å². The lowest BCUT2D eigenvalue weighted by molar-refractivity contribution is -0.141. The summed E-state index contributed by atoms with van der Waals surface area (Å²) < 4.78 is 5.49. The summed E-state index contributed by atoms with van der Waals surface area (Å²) in [7, 11) is 0. The highest BCUT2D eigenvalue weighted by Gasteiger charge is 2.37. The number of aryl methyl sites for hydroxylation is 1. The number of nitrogens with two attached hydrogens (primary N) is 1. The molecule has 0 fully saturated rings. The summed E-state index contributed by atoms with van der Waals surface area (Å²) >= 11 is 0. The molecule has 46 heavy (non-hydrogen) atoms. The summed E-state index contributed by atoms with van der Waals surface area (Å²) in [5.41, 5.74) is 4.66. The Balaban J connectivity index is 1.34. The van der Waals surface area contributed by atoms with E-state index in [1.54, 1.807) is 11.2 Å². The predicted molar refractivity (Wildman–Crippen MR) is 178 cm³/mol. The molecule has 1 aromatic heterocycles. The van der Waals surface area contributed by atoms with Crippen molar-refractivity contribution in [1.29, 1.82) is 0 Å². The molecular formula is C36H41N5O5. The first-order valence-electron chi connectivity index (χ1n) is 15.5. The van der Waals surface area contributed by atoms with E-state index in [4.69, 9.17) is 15.4 Å². The van der Waals surface area contributed by atoms with Crippen molar-refractivity contribution in [3.8, 4) is 11.1 Å². The van der Waals surface area contributed by atoms with E-state index in [2.05, 4.69) is 10.6 Å². The number of nitrogens with one attached hydrogen (secondary N) is 2. The maximum Gasteiger partial charge on any atom is 0.319 e. The van der Waals surface area contributed by atoms with Crippen molar-refractivity contribution in [1.82, 2.24) is 10.3 Å². The Morgan fingerprint density at radius 2 is 1.76 bits per heavy atom. The third kappa shape index (κ3) is 7.82. The number of benzene rings is 3. The van der Waals surface area contributed by atoms with Gasteiger partial charge in [-0.05, 0) is 59.2 Å². The standard InChI is InChI=1S/C36H41N5O5/c1-36(2,22-28-9-7-21-46-28)23-33(43)41(37)32-18-17-27-8-3-6-12-31(27)40(34(32)44)24-25-13-15-26(16-14-25)29-10-4-5-11-30(29)39-35(45)38-19-20-42/h3-16,21,32,42H,17-20,22-24,37H2,1-2H3,(H2,38,39,45)/t32-/m1/s1. The lowest BCUT2D eigenvalue weighted by Gasteiger charge is -2.32. The number of amides is 4. The fourth-order valence-electron chi connectivity index (χ4n) is 5.89. The molecule has 1 aliphatic rings. The van der Waals surface area contributed by atoms with Gasteiger partial charge in [-0.1, -0.05) is 74.5 Å². The van der Waals surface area contributed by atoms with Crippen molar-refractivity contribution in [2.75, 3.05) is 23.4 Å². The van der Waals surface area contributed by atoms with E-state index in [0.717, 1.165) is 38.7 Å². The van der Waals surface area contributed by atoms with Crippen LogP contribution < -0.4 is 21.4 Å². The third-order valence-electron chi connectivity index (χ3n) is 8.19. The molecule has 0 saturated carbocycles. The summed E-state index contributed by atoms with van der Waals surface area (Å²) in [5, 5.41) is 15.6. The normalized spacial score (nSPS) is 14.7. The number of rotatable bonds is 11. The number of urea groups is 1. The maximum atomic E-state index is 14.2. The number of carbonyl (C=O) groups is 3. The minimum absolute atomic E-state index is 0.147. The molecule has 3 aromatic carbocycles. The Bertz CT molecular complexity index is 1650. The van der Waals surface area contributed by atoms with Crippen molar-refractivity contribution in [2.45, 2.75) is 52.1 Å². The second-order valence-electron chi connectivity index (χ2n) is 12.4. The summed E-state index contributed by atoms with van der Waals surface area (Å²) in [4.78, 5) is 41.6. The van der Waals surface area contributed by atoms with Crippen LogP contribution in [0.25, 0.3) is 11.1 Å². The predicted octanol–water partition coefficient (Wildman–Crippen LogP) is 5.27. The van der Waals surface area contributed by atoms with Gasteiger partial charge >= 0.3 is 6.03 Å². The van der Waals surface area contributed by atoms with E-state index in [1.165, 1.54) is 0 Å². The number of hydrazine groups is 1. The van der Waals surface area contributed by atoms with Crippen molar-refractivity contribution < 1.29 is 23.9 Å². The minimum Gasteiger partial charge on any atom is -0.469 e. The van der Waals surface area contributed by atoms with Gasteiger partial charge in [0.2, 0.25) is 5.91 Å². The van der Waals surface area contributed by atoms with E-state index in [9.17, 15) is 14.4 Å². The van der Waals surface area contributed by atoms with E-state index < -0.39 is 17.5 Å². The Labute approximate surface area is 269 Å². The molecule has 10 nitrogen and oxygen atoms in total. The molecule has 0 saturated heterocycles. The lowest BCUT2D eigenvalue weighted by atomic mass is 9.84. The Kier molecular flexibility index (Phi) is 10.2. The van der Waals surface area contributed by atoms with E-state index >= 15 is 0 Å². The maximum absolute atomic E-state index is 14.2. The van der Waals surface area contributed by atoms with Gasteiger partial charge < -0.3 is 25.1 Å². The first-order chi connectivity index (χ1) is 22.1. The van der Waals surface area contributed by atoms with Gasteiger partial charge in [-0.25, -0.2) is 10.6 Å². The highest BCUT2D eigenvalue weighted by molar-refractivity contribution is 6.00. The van der Waals surface area contributed by atoms with Crippen molar-refractivity contribution in [3.05, 3.63) is 108 Å². The minimum atomic E-state index is -0.812. The molecule has 240 valence electrons. The lowest BCUT2D eigenvalue weighted by Crippen LogP contribution is -2.54. The molecule has 2 heterocycles. The fourth-order valence-corrected chi connectivity index (χ4v) is 5.89. The van der Waals surface area contributed by atoms with Crippen molar-refractivity contribution >= 4 is 29.2 Å². The summed E-state index contributed by atoms with van der Waals surface area (Å²) in [6.07, 6.45) is 3.38. The van der Waals surface area contributed by atoms with Gasteiger partial charge in [0.05, 0.1) is 25.1 Å². The van der Waals surface area contributed by atoms with Crippen LogP contribution in [0.15, 0.2) is 95.6 Å². The molecule has 0 radical (unpaired) electrons. The molecule has 1 aliphatic heterocycles. The molecule has 0 spiro atoms. The number of furan rings is 1. The molecule has 0 aliphatic carbocycles. The van der Waals surface area contributed by atoms with Gasteiger partial charge in [0.1, 0.15) is 11.8 Å². The van der Waals surface area contributed by atoms with E-state index in [1.807, 2.05) is 98.8 Å². The monoisotopic (exact) mass is 623 g/mol. The van der Waals surface area contributed by atoms with Crippen LogP contribution in [0, 0.1) is 5.41 Å². The Morgan fingerprint density at radius 3 is 2.50 bits per heavy atom. The topological polar surface area (TPSA) is 141 Å². The summed E-state index contributed by atoms with van der Waals surface area (Å²) in [6, 6.07) is 25.6. The molecule has 0 bridgehead atoms. The van der Waals surface area contributed by atoms with Gasteiger partial charge in [-0.2, -0.15) is 0 Å². The smallest absolute Gasteiger partial charge is 0.319 e. The van der Waals surface area contributed by atoms with Crippen LogP contribution in [-0.2, 0) is 29.0 Å². The summed E-state index contributed by atoms with van der Waals surface area (Å²) in [5.74, 6) is 6.73. The van der Waals surface area contributed by atoms with Crippen LogP contribution in [-0.4, -0.2) is 47.2 Å². The molecule has 5 rings (SSSR count). The number of nitrogens with zero attached hydrogens (tertiary/aromatic N) is 2. The fraction of sp³-hybridized carbons (Fsp3) is 0.306. The Hall–Kier alpha value is -4.93. The largest absolute Gasteiger partial charge is 0.469 e. The zero-order chi connectivity index (χ0) is 32.7. The number of para-hydroxylation sites is 2. The van der Waals surface area contributed by atoms with Gasteiger partial charge in [-0.3, -0.25) is 14.6 Å². The molecular weight excluding hydrogens is 582 g/mol. The quantitative estimate of drug-likeness (QED) is 0.102. The zero-order valence-corrected chi connectivity index (χ0v) is 26.2.